The number of aromatic nitrogens is 3. The van der Waals surface area contributed by atoms with Crippen molar-refractivity contribution in [1.82, 2.24) is 19.7 Å². The molecule has 1 amide bonds. The fraction of sp³-hybridized carbons (Fsp3) is 0.480. The molecule has 0 bridgehead atoms. The van der Waals surface area contributed by atoms with Gasteiger partial charge < -0.3 is 10.2 Å². The van der Waals surface area contributed by atoms with Crippen molar-refractivity contribution in [3.8, 4) is 0 Å². The van der Waals surface area contributed by atoms with Gasteiger partial charge in [0.2, 0.25) is 5.78 Å². The predicted molar refractivity (Wildman–Crippen MR) is 130 cm³/mol. The number of carbonyl (C=O) groups is 1. The summed E-state index contributed by atoms with van der Waals surface area (Å²) in [5.41, 5.74) is 3.34. The van der Waals surface area contributed by atoms with E-state index in [4.69, 9.17) is 11.6 Å². The van der Waals surface area contributed by atoms with Crippen LogP contribution in [-0.2, 0) is 13.0 Å². The number of rotatable bonds is 5. The molecule has 0 spiro atoms. The molecule has 6 nitrogen and oxygen atoms in total. The van der Waals surface area contributed by atoms with Crippen molar-refractivity contribution >= 4 is 29.0 Å². The Hall–Kier alpha value is -2.67. The number of benzene rings is 1. The van der Waals surface area contributed by atoms with E-state index in [-0.39, 0.29) is 5.91 Å². The first-order valence-electron chi connectivity index (χ1n) is 11.8. The lowest BCUT2D eigenvalue weighted by atomic mass is 10.0. The highest BCUT2D eigenvalue weighted by molar-refractivity contribution is 6.30. The Balaban J connectivity index is 0.00000126. The predicted octanol–water partition coefficient (Wildman–Crippen LogP) is 5.09. The molecule has 1 aliphatic carbocycles. The van der Waals surface area contributed by atoms with Gasteiger partial charge in [0.1, 0.15) is 11.9 Å². The molecule has 1 saturated heterocycles. The molecule has 1 aromatic carbocycles. The SMILES string of the molecule is CC.CCc1nc2ncc(Cl)cn2c1C(=O)NCc1ccc(N2CC3CC(F)CC3C2)cc1. The largest absolute Gasteiger partial charge is 0.371 e. The zero-order valence-electron chi connectivity index (χ0n) is 19.4. The maximum absolute atomic E-state index is 13.6. The summed E-state index contributed by atoms with van der Waals surface area (Å²) >= 11 is 6.06. The van der Waals surface area contributed by atoms with Crippen LogP contribution in [0.5, 0.6) is 0 Å². The first-order chi connectivity index (χ1) is 16.0. The minimum absolute atomic E-state index is 0.203. The lowest BCUT2D eigenvalue weighted by Gasteiger charge is -2.20. The van der Waals surface area contributed by atoms with Crippen LogP contribution in [0.25, 0.3) is 5.78 Å². The van der Waals surface area contributed by atoms with E-state index in [2.05, 4.69) is 32.3 Å². The van der Waals surface area contributed by atoms with Crippen molar-refractivity contribution in [1.29, 1.82) is 0 Å². The van der Waals surface area contributed by atoms with Gasteiger partial charge in [0, 0.05) is 31.5 Å². The van der Waals surface area contributed by atoms with Crippen LogP contribution in [0.2, 0.25) is 5.02 Å². The monoisotopic (exact) mass is 471 g/mol. The Bertz CT molecular complexity index is 1100. The number of nitrogens with one attached hydrogen (secondary N) is 1. The molecule has 2 fully saturated rings. The molecule has 2 unspecified atom stereocenters. The van der Waals surface area contributed by atoms with Crippen LogP contribution >= 0.6 is 11.6 Å². The number of nitrogens with zero attached hydrogens (tertiary/aromatic N) is 4. The molecule has 176 valence electrons. The van der Waals surface area contributed by atoms with Gasteiger partial charge >= 0.3 is 0 Å². The van der Waals surface area contributed by atoms with E-state index in [1.54, 1.807) is 10.6 Å². The summed E-state index contributed by atoms with van der Waals surface area (Å²) in [5, 5.41) is 3.44. The zero-order valence-corrected chi connectivity index (χ0v) is 20.1. The van der Waals surface area contributed by atoms with Crippen molar-refractivity contribution in [2.24, 2.45) is 11.8 Å². The van der Waals surface area contributed by atoms with Crippen LogP contribution in [0, 0.1) is 11.8 Å². The molecule has 2 aliphatic rings. The molecule has 2 atom stereocenters. The van der Waals surface area contributed by atoms with Crippen LogP contribution in [0.1, 0.15) is 55.4 Å². The minimum Gasteiger partial charge on any atom is -0.371 e. The van der Waals surface area contributed by atoms with E-state index in [0.717, 1.165) is 24.3 Å². The highest BCUT2D eigenvalue weighted by Crippen LogP contribution is 2.41. The number of halogens is 2. The Morgan fingerprint density at radius 3 is 2.48 bits per heavy atom. The molecule has 2 aromatic heterocycles. The highest BCUT2D eigenvalue weighted by atomic mass is 35.5. The molecule has 1 aliphatic heterocycles. The number of anilines is 1. The lowest BCUT2D eigenvalue weighted by molar-refractivity contribution is 0.0944. The lowest BCUT2D eigenvalue weighted by Crippen LogP contribution is -2.25. The molecule has 0 radical (unpaired) electrons. The van der Waals surface area contributed by atoms with E-state index in [1.807, 2.05) is 32.9 Å². The summed E-state index contributed by atoms with van der Waals surface area (Å²) in [4.78, 5) is 23.9. The molecule has 33 heavy (non-hydrogen) atoms. The summed E-state index contributed by atoms with van der Waals surface area (Å²) in [6, 6.07) is 8.25. The number of amides is 1. The van der Waals surface area contributed by atoms with Crippen molar-refractivity contribution < 1.29 is 9.18 Å². The molecule has 5 rings (SSSR count). The first kappa shape index (κ1) is 23.5. The fourth-order valence-electron chi connectivity index (χ4n) is 4.97. The molecule has 8 heteroatoms. The third kappa shape index (κ3) is 4.83. The average molecular weight is 472 g/mol. The summed E-state index contributed by atoms with van der Waals surface area (Å²) in [7, 11) is 0. The molecule has 3 aromatic rings. The van der Waals surface area contributed by atoms with Crippen LogP contribution in [0.15, 0.2) is 36.7 Å². The van der Waals surface area contributed by atoms with E-state index in [1.165, 1.54) is 6.20 Å². The van der Waals surface area contributed by atoms with Crippen molar-refractivity contribution in [2.75, 3.05) is 18.0 Å². The number of carbonyl (C=O) groups excluding carboxylic acids is 1. The van der Waals surface area contributed by atoms with Gasteiger partial charge in [-0.1, -0.05) is 44.5 Å². The number of aryl methyl sites for hydroxylation is 1. The van der Waals surface area contributed by atoms with E-state index < -0.39 is 6.17 Å². The Morgan fingerprint density at radius 1 is 1.18 bits per heavy atom. The fourth-order valence-corrected chi connectivity index (χ4v) is 5.12. The Labute approximate surface area is 199 Å². The number of fused-ring (bicyclic) bond motifs is 2. The maximum Gasteiger partial charge on any atom is 0.270 e. The van der Waals surface area contributed by atoms with Crippen molar-refractivity contribution in [2.45, 2.75) is 52.8 Å². The first-order valence-corrected chi connectivity index (χ1v) is 12.2. The molecule has 1 N–H and O–H groups in total. The summed E-state index contributed by atoms with van der Waals surface area (Å²) in [6.07, 6.45) is 4.60. The smallest absolute Gasteiger partial charge is 0.270 e. The highest BCUT2D eigenvalue weighted by Gasteiger charge is 2.41. The molecular formula is C25H31ClFN5O. The second kappa shape index (κ2) is 10.1. The van der Waals surface area contributed by atoms with Gasteiger partial charge in [-0.15, -0.1) is 0 Å². The Morgan fingerprint density at radius 2 is 1.85 bits per heavy atom. The van der Waals surface area contributed by atoms with Gasteiger partial charge in [-0.3, -0.25) is 9.20 Å². The average Bonchev–Trinajstić information content (AvgIpc) is 3.49. The Kier molecular flexibility index (Phi) is 7.17. The number of hydrogen-bond acceptors (Lipinski definition) is 4. The van der Waals surface area contributed by atoms with Crippen LogP contribution < -0.4 is 10.2 Å². The normalized spacial score (nSPS) is 21.6. The molecule has 1 saturated carbocycles. The topological polar surface area (TPSA) is 62.5 Å². The number of alkyl halides is 1. The second-order valence-electron chi connectivity index (χ2n) is 8.55. The van der Waals surface area contributed by atoms with Crippen LogP contribution in [-0.4, -0.2) is 39.5 Å². The summed E-state index contributed by atoms with van der Waals surface area (Å²) in [5.74, 6) is 1.22. The number of hydrogen-bond donors (Lipinski definition) is 1. The van der Waals surface area contributed by atoms with E-state index in [0.29, 0.717) is 59.8 Å². The quantitative estimate of drug-likeness (QED) is 0.563. The van der Waals surface area contributed by atoms with Gasteiger partial charge in [-0.05, 0) is 48.8 Å². The standard InChI is InChI=1S/C23H25ClFN5O.C2H6/c1-2-20-21(30-13-17(24)10-27-23(30)28-20)22(31)26-9-14-3-5-19(6-4-14)29-11-15-7-18(25)8-16(15)12-29;1-2/h3-6,10,13,15-16,18H,2,7-9,11-12H2,1H3,(H,26,31);1-2H3. The van der Waals surface area contributed by atoms with Gasteiger partial charge in [0.25, 0.3) is 5.91 Å². The van der Waals surface area contributed by atoms with Crippen molar-refractivity contribution in [3.05, 3.63) is 58.6 Å². The summed E-state index contributed by atoms with van der Waals surface area (Å²) in [6.45, 7) is 8.25. The zero-order chi connectivity index (χ0) is 23.5. The van der Waals surface area contributed by atoms with Crippen LogP contribution in [0.3, 0.4) is 0 Å². The molecular weight excluding hydrogens is 441 g/mol. The third-order valence-electron chi connectivity index (χ3n) is 6.52. The minimum atomic E-state index is -0.615. The van der Waals surface area contributed by atoms with Gasteiger partial charge in [0.15, 0.2) is 0 Å². The maximum atomic E-state index is 13.6. The second-order valence-corrected chi connectivity index (χ2v) is 8.98. The van der Waals surface area contributed by atoms with Crippen molar-refractivity contribution in [3.63, 3.8) is 0 Å². The number of imidazole rings is 1. The van der Waals surface area contributed by atoms with Gasteiger partial charge in [-0.25, -0.2) is 14.4 Å². The molecule has 3 heterocycles. The van der Waals surface area contributed by atoms with Gasteiger partial charge in [-0.2, -0.15) is 0 Å². The van der Waals surface area contributed by atoms with E-state index >= 15 is 0 Å². The summed E-state index contributed by atoms with van der Waals surface area (Å²) < 4.78 is 15.2. The van der Waals surface area contributed by atoms with Crippen LogP contribution in [0.4, 0.5) is 10.1 Å². The van der Waals surface area contributed by atoms with Gasteiger partial charge in [0.05, 0.1) is 16.9 Å². The third-order valence-corrected chi connectivity index (χ3v) is 6.71. The van der Waals surface area contributed by atoms with E-state index in [9.17, 15) is 9.18 Å².